The average Bonchev–Trinajstić information content (AvgIpc) is 2.53. The zero-order chi connectivity index (χ0) is 19.5. The van der Waals surface area contributed by atoms with Gasteiger partial charge in [-0.15, -0.1) is 0 Å². The summed E-state index contributed by atoms with van der Waals surface area (Å²) in [4.78, 5) is 0. The lowest BCUT2D eigenvalue weighted by molar-refractivity contribution is -0.204. The van der Waals surface area contributed by atoms with Crippen LogP contribution in [0.15, 0.2) is 12.1 Å². The van der Waals surface area contributed by atoms with Crippen molar-refractivity contribution < 1.29 is 24.1 Å². The maximum atomic E-state index is 9.68. The van der Waals surface area contributed by atoms with Crippen molar-refractivity contribution in [2.24, 2.45) is 0 Å². The number of hydrogen-bond donors (Lipinski definition) is 1. The van der Waals surface area contributed by atoms with E-state index >= 15 is 0 Å². The minimum Gasteiger partial charge on any atom is -0.508 e. The van der Waals surface area contributed by atoms with Crippen molar-refractivity contribution in [2.45, 2.75) is 79.3 Å². The maximum absolute atomic E-state index is 9.68. The molecule has 0 bridgehead atoms. The van der Waals surface area contributed by atoms with Crippen LogP contribution in [-0.2, 0) is 20.6 Å². The van der Waals surface area contributed by atoms with E-state index in [-0.39, 0.29) is 18.5 Å². The van der Waals surface area contributed by atoms with E-state index in [1.165, 1.54) is 0 Å². The molecule has 1 N–H and O–H groups in total. The van der Waals surface area contributed by atoms with Crippen LogP contribution < -0.4 is 4.74 Å². The molecule has 0 amide bonds. The molecule has 26 heavy (non-hydrogen) atoms. The zero-order valence-electron chi connectivity index (χ0n) is 17.2. The van der Waals surface area contributed by atoms with Crippen molar-refractivity contribution in [3.63, 3.8) is 0 Å². The van der Waals surface area contributed by atoms with E-state index < -0.39 is 0 Å². The number of phenols is 1. The molecule has 150 valence electrons. The Balaban J connectivity index is 2.27. The standard InChI is InChI=1S/C21H36O5/c1-7-18-13-19(22)12-17(6)21(18)24-11-9-8-10-23-14-20(25-15(2)3)26-16(4)5/h12-13,15-16,20,22H,7-11,14H2,1-6H3. The summed E-state index contributed by atoms with van der Waals surface area (Å²) in [6, 6.07) is 3.51. The van der Waals surface area contributed by atoms with Gasteiger partial charge in [-0.1, -0.05) is 6.92 Å². The fourth-order valence-corrected chi connectivity index (χ4v) is 2.67. The predicted molar refractivity (Wildman–Crippen MR) is 104 cm³/mol. The average molecular weight is 369 g/mol. The van der Waals surface area contributed by atoms with Crippen molar-refractivity contribution in [3.05, 3.63) is 23.3 Å². The molecule has 0 saturated carbocycles. The molecule has 0 atom stereocenters. The second-order valence-electron chi connectivity index (χ2n) is 7.03. The molecule has 0 saturated heterocycles. The molecule has 0 aromatic heterocycles. The summed E-state index contributed by atoms with van der Waals surface area (Å²) in [5, 5.41) is 9.68. The predicted octanol–water partition coefficient (Wildman–Crippen LogP) is 4.61. The molecule has 1 aromatic carbocycles. The first-order valence-electron chi connectivity index (χ1n) is 9.67. The molecular formula is C21H36O5. The summed E-state index contributed by atoms with van der Waals surface area (Å²) in [5.41, 5.74) is 2.01. The number of aromatic hydroxyl groups is 1. The summed E-state index contributed by atoms with van der Waals surface area (Å²) in [5.74, 6) is 1.18. The minimum absolute atomic E-state index is 0.108. The highest BCUT2D eigenvalue weighted by Gasteiger charge is 2.13. The van der Waals surface area contributed by atoms with Gasteiger partial charge >= 0.3 is 0 Å². The molecule has 1 aromatic rings. The number of hydrogen-bond acceptors (Lipinski definition) is 5. The van der Waals surface area contributed by atoms with E-state index in [4.69, 9.17) is 18.9 Å². The van der Waals surface area contributed by atoms with E-state index in [9.17, 15) is 5.11 Å². The van der Waals surface area contributed by atoms with Crippen LogP contribution in [-0.4, -0.2) is 43.4 Å². The number of aryl methyl sites for hydroxylation is 2. The first-order chi connectivity index (χ1) is 12.3. The van der Waals surface area contributed by atoms with Crippen LogP contribution in [0.25, 0.3) is 0 Å². The Morgan fingerprint density at radius 1 is 0.962 bits per heavy atom. The van der Waals surface area contributed by atoms with Crippen molar-refractivity contribution in [2.75, 3.05) is 19.8 Å². The highest BCUT2D eigenvalue weighted by Crippen LogP contribution is 2.29. The van der Waals surface area contributed by atoms with E-state index in [2.05, 4.69) is 6.92 Å². The maximum Gasteiger partial charge on any atom is 0.181 e. The topological polar surface area (TPSA) is 57.2 Å². The summed E-state index contributed by atoms with van der Waals surface area (Å²) in [7, 11) is 0. The van der Waals surface area contributed by atoms with Crippen molar-refractivity contribution in [3.8, 4) is 11.5 Å². The lowest BCUT2D eigenvalue weighted by atomic mass is 10.1. The van der Waals surface area contributed by atoms with Crippen LogP contribution in [0, 0.1) is 6.92 Å². The lowest BCUT2D eigenvalue weighted by Crippen LogP contribution is -2.29. The second kappa shape index (κ2) is 12.2. The Bertz CT molecular complexity index is 503. The minimum atomic E-state index is -0.321. The molecule has 0 radical (unpaired) electrons. The number of phenolic OH excluding ortho intramolecular Hbond substituents is 1. The fourth-order valence-electron chi connectivity index (χ4n) is 2.67. The Morgan fingerprint density at radius 3 is 2.15 bits per heavy atom. The third-order valence-corrected chi connectivity index (χ3v) is 3.75. The molecule has 0 heterocycles. The van der Waals surface area contributed by atoms with E-state index in [0.29, 0.717) is 25.6 Å². The van der Waals surface area contributed by atoms with Gasteiger partial charge < -0.3 is 24.1 Å². The first-order valence-corrected chi connectivity index (χ1v) is 9.67. The molecule has 0 aliphatic carbocycles. The van der Waals surface area contributed by atoms with Crippen LogP contribution in [0.3, 0.4) is 0 Å². The SMILES string of the molecule is CCc1cc(O)cc(C)c1OCCCCOCC(OC(C)C)OC(C)C. The number of unbranched alkanes of at least 4 members (excludes halogenated alkanes) is 1. The molecule has 0 unspecified atom stereocenters. The van der Waals surface area contributed by atoms with Gasteiger partial charge in [0.2, 0.25) is 0 Å². The second-order valence-corrected chi connectivity index (χ2v) is 7.03. The Labute approximate surface area is 158 Å². The van der Waals surface area contributed by atoms with Gasteiger partial charge in [-0.05, 0) is 77.1 Å². The highest BCUT2D eigenvalue weighted by molar-refractivity contribution is 5.46. The molecule has 5 heteroatoms. The number of rotatable bonds is 13. The van der Waals surface area contributed by atoms with Crippen molar-refractivity contribution in [1.29, 1.82) is 0 Å². The Hall–Kier alpha value is -1.30. The smallest absolute Gasteiger partial charge is 0.181 e. The lowest BCUT2D eigenvalue weighted by Gasteiger charge is -2.22. The van der Waals surface area contributed by atoms with E-state index in [1.807, 2.05) is 34.6 Å². The Morgan fingerprint density at radius 2 is 1.58 bits per heavy atom. The normalized spacial score (nSPS) is 11.7. The van der Waals surface area contributed by atoms with Crippen molar-refractivity contribution in [1.82, 2.24) is 0 Å². The van der Waals surface area contributed by atoms with E-state index in [1.54, 1.807) is 12.1 Å². The molecule has 1 rings (SSSR count). The first kappa shape index (κ1) is 22.7. The van der Waals surface area contributed by atoms with Gasteiger partial charge in [0.1, 0.15) is 11.5 Å². The van der Waals surface area contributed by atoms with Crippen LogP contribution in [0.5, 0.6) is 11.5 Å². The van der Waals surface area contributed by atoms with Gasteiger partial charge in [0.05, 0.1) is 25.4 Å². The molecule has 0 aliphatic rings. The molecule has 5 nitrogen and oxygen atoms in total. The third-order valence-electron chi connectivity index (χ3n) is 3.75. The van der Waals surface area contributed by atoms with Gasteiger partial charge in [0.15, 0.2) is 6.29 Å². The number of ether oxygens (including phenoxy) is 4. The summed E-state index contributed by atoms with van der Waals surface area (Å²) in [6.07, 6.45) is 2.55. The van der Waals surface area contributed by atoms with Crippen LogP contribution >= 0.6 is 0 Å². The van der Waals surface area contributed by atoms with E-state index in [0.717, 1.165) is 36.1 Å². The van der Waals surface area contributed by atoms with Gasteiger partial charge in [-0.3, -0.25) is 0 Å². The summed E-state index contributed by atoms with van der Waals surface area (Å²) >= 11 is 0. The van der Waals surface area contributed by atoms with Crippen molar-refractivity contribution >= 4 is 0 Å². The third kappa shape index (κ3) is 8.88. The molecule has 0 fully saturated rings. The van der Waals surface area contributed by atoms with Crippen LogP contribution in [0.4, 0.5) is 0 Å². The fraction of sp³-hybridized carbons (Fsp3) is 0.714. The number of benzene rings is 1. The molecule has 0 aliphatic heterocycles. The van der Waals surface area contributed by atoms with Crippen LogP contribution in [0.1, 0.15) is 58.6 Å². The van der Waals surface area contributed by atoms with Gasteiger partial charge in [-0.2, -0.15) is 0 Å². The summed E-state index contributed by atoms with van der Waals surface area (Å²) in [6.45, 7) is 13.7. The van der Waals surface area contributed by atoms with Gasteiger partial charge in [0, 0.05) is 6.61 Å². The zero-order valence-corrected chi connectivity index (χ0v) is 17.2. The van der Waals surface area contributed by atoms with Gasteiger partial charge in [-0.25, -0.2) is 0 Å². The quantitative estimate of drug-likeness (QED) is 0.407. The molecular weight excluding hydrogens is 332 g/mol. The van der Waals surface area contributed by atoms with Crippen LogP contribution in [0.2, 0.25) is 0 Å². The van der Waals surface area contributed by atoms with Gasteiger partial charge in [0.25, 0.3) is 0 Å². The highest BCUT2D eigenvalue weighted by atomic mass is 16.7. The largest absolute Gasteiger partial charge is 0.508 e. The molecule has 0 spiro atoms. The summed E-state index contributed by atoms with van der Waals surface area (Å²) < 4.78 is 23.0. The monoisotopic (exact) mass is 368 g/mol. The Kier molecular flexibility index (Phi) is 10.6.